The van der Waals surface area contributed by atoms with E-state index in [0.29, 0.717) is 18.7 Å². The summed E-state index contributed by atoms with van der Waals surface area (Å²) in [5.74, 6) is 0.0604. The number of anilines is 1. The van der Waals surface area contributed by atoms with Gasteiger partial charge in [0.1, 0.15) is 6.04 Å². The maximum Gasteiger partial charge on any atom is 0.322 e. The van der Waals surface area contributed by atoms with E-state index in [1.807, 2.05) is 0 Å². The van der Waals surface area contributed by atoms with Gasteiger partial charge in [-0.05, 0) is 25.8 Å². The van der Waals surface area contributed by atoms with Gasteiger partial charge in [0.15, 0.2) is 0 Å². The lowest BCUT2D eigenvalue weighted by atomic mass is 10.2. The molecule has 0 aromatic carbocycles. The second-order valence-corrected chi connectivity index (χ2v) is 4.74. The van der Waals surface area contributed by atoms with E-state index >= 15 is 0 Å². The third-order valence-electron chi connectivity index (χ3n) is 3.34. The Morgan fingerprint density at radius 3 is 2.95 bits per heavy atom. The summed E-state index contributed by atoms with van der Waals surface area (Å²) in [7, 11) is 0. The molecule has 3 heterocycles. The van der Waals surface area contributed by atoms with Crippen LogP contribution in [0.25, 0.3) is 0 Å². The summed E-state index contributed by atoms with van der Waals surface area (Å²) in [4.78, 5) is 22.9. The molecule has 2 aliphatic heterocycles. The summed E-state index contributed by atoms with van der Waals surface area (Å²) in [6, 6.07) is -0.355. The van der Waals surface area contributed by atoms with Gasteiger partial charge in [0.2, 0.25) is 11.8 Å². The fraction of sp³-hybridized carbons (Fsp3) is 0.636. The highest BCUT2D eigenvalue weighted by Crippen LogP contribution is 2.23. The second-order valence-electron chi connectivity index (χ2n) is 4.74. The van der Waals surface area contributed by atoms with Crippen LogP contribution in [0.5, 0.6) is 0 Å². The van der Waals surface area contributed by atoms with E-state index in [4.69, 9.17) is 4.42 Å². The Balaban J connectivity index is 1.60. The summed E-state index contributed by atoms with van der Waals surface area (Å²) in [5.41, 5.74) is 0. The fourth-order valence-corrected chi connectivity index (χ4v) is 2.32. The van der Waals surface area contributed by atoms with Gasteiger partial charge in [-0.15, -0.1) is 5.10 Å². The van der Waals surface area contributed by atoms with Crippen LogP contribution in [0.2, 0.25) is 0 Å². The molecular formula is C11H15N5O3. The molecule has 2 atom stereocenters. The van der Waals surface area contributed by atoms with Crippen molar-refractivity contribution in [2.24, 2.45) is 0 Å². The zero-order chi connectivity index (χ0) is 13.2. The van der Waals surface area contributed by atoms with E-state index in [1.165, 1.54) is 0 Å². The molecule has 1 aromatic heterocycles. The lowest BCUT2D eigenvalue weighted by Crippen LogP contribution is -2.37. The van der Waals surface area contributed by atoms with Crippen LogP contribution in [0.1, 0.15) is 37.6 Å². The first-order chi connectivity index (χ1) is 9.22. The lowest BCUT2D eigenvalue weighted by molar-refractivity contribution is -0.122. The minimum absolute atomic E-state index is 0.0735. The lowest BCUT2D eigenvalue weighted by Gasteiger charge is -2.07. The quantitative estimate of drug-likeness (QED) is 0.693. The maximum absolute atomic E-state index is 11.8. The molecule has 0 aliphatic carbocycles. The molecule has 3 rings (SSSR count). The summed E-state index contributed by atoms with van der Waals surface area (Å²) < 4.78 is 5.40. The molecule has 2 fully saturated rings. The van der Waals surface area contributed by atoms with Crippen molar-refractivity contribution in [3.8, 4) is 0 Å². The highest BCUT2D eigenvalue weighted by molar-refractivity contribution is 5.97. The normalized spacial score (nSPS) is 26.4. The average molecular weight is 265 g/mol. The molecule has 0 spiro atoms. The molecule has 0 radical (unpaired) electrons. The van der Waals surface area contributed by atoms with Crippen LogP contribution in [0.3, 0.4) is 0 Å². The largest absolute Gasteiger partial charge is 0.406 e. The predicted molar refractivity (Wildman–Crippen MR) is 64.1 cm³/mol. The Morgan fingerprint density at radius 2 is 2.26 bits per heavy atom. The monoisotopic (exact) mass is 265 g/mol. The molecule has 8 heteroatoms. The molecule has 3 N–H and O–H groups in total. The molecule has 102 valence electrons. The van der Waals surface area contributed by atoms with Gasteiger partial charge in [-0.2, -0.15) is 0 Å². The zero-order valence-electron chi connectivity index (χ0n) is 10.3. The van der Waals surface area contributed by atoms with Crippen LogP contribution in [0.4, 0.5) is 6.01 Å². The summed E-state index contributed by atoms with van der Waals surface area (Å²) >= 11 is 0. The van der Waals surface area contributed by atoms with Gasteiger partial charge < -0.3 is 15.1 Å². The zero-order valence-corrected chi connectivity index (χ0v) is 10.3. The van der Waals surface area contributed by atoms with Crippen molar-refractivity contribution in [2.75, 3.05) is 11.9 Å². The smallest absolute Gasteiger partial charge is 0.322 e. The Kier molecular flexibility index (Phi) is 3.16. The molecule has 19 heavy (non-hydrogen) atoms. The first-order valence-corrected chi connectivity index (χ1v) is 6.39. The number of nitrogens with zero attached hydrogens (tertiary/aromatic N) is 2. The molecule has 2 saturated heterocycles. The number of nitrogens with one attached hydrogen (secondary N) is 3. The van der Waals surface area contributed by atoms with Crippen LogP contribution >= 0.6 is 0 Å². The van der Waals surface area contributed by atoms with Gasteiger partial charge in [-0.3, -0.25) is 14.9 Å². The molecule has 0 saturated carbocycles. The Bertz CT molecular complexity index is 494. The van der Waals surface area contributed by atoms with E-state index in [2.05, 4.69) is 26.1 Å². The number of carbonyl (C=O) groups is 2. The molecule has 2 aliphatic rings. The number of amides is 2. The Hall–Kier alpha value is -1.96. The van der Waals surface area contributed by atoms with Crippen molar-refractivity contribution >= 4 is 17.8 Å². The third-order valence-corrected chi connectivity index (χ3v) is 3.34. The number of hydrogen-bond acceptors (Lipinski definition) is 6. The van der Waals surface area contributed by atoms with Crippen LogP contribution < -0.4 is 16.0 Å². The van der Waals surface area contributed by atoms with E-state index in [0.717, 1.165) is 19.4 Å². The van der Waals surface area contributed by atoms with Crippen LogP contribution in [0, 0.1) is 0 Å². The highest BCUT2D eigenvalue weighted by atomic mass is 16.4. The van der Waals surface area contributed by atoms with Crippen molar-refractivity contribution in [1.82, 2.24) is 20.8 Å². The third kappa shape index (κ3) is 2.58. The van der Waals surface area contributed by atoms with E-state index in [1.54, 1.807) is 0 Å². The minimum atomic E-state index is -0.507. The molecule has 0 bridgehead atoms. The van der Waals surface area contributed by atoms with Gasteiger partial charge >= 0.3 is 6.01 Å². The average Bonchev–Trinajstić information content (AvgIpc) is 3.07. The van der Waals surface area contributed by atoms with Crippen molar-refractivity contribution < 1.29 is 14.0 Å². The van der Waals surface area contributed by atoms with E-state index < -0.39 is 6.04 Å². The van der Waals surface area contributed by atoms with Crippen LogP contribution in [0.15, 0.2) is 4.42 Å². The topological polar surface area (TPSA) is 109 Å². The summed E-state index contributed by atoms with van der Waals surface area (Å²) in [6.07, 6.45) is 2.89. The molecular weight excluding hydrogens is 250 g/mol. The van der Waals surface area contributed by atoms with Crippen molar-refractivity contribution in [1.29, 1.82) is 0 Å². The molecule has 8 nitrogen and oxygen atoms in total. The van der Waals surface area contributed by atoms with Crippen LogP contribution in [-0.4, -0.2) is 34.6 Å². The molecule has 2 amide bonds. The standard InChI is InChI=1S/C11H15N5O3/c17-8-4-3-6(13-8)9(18)14-11-16-15-10(19-11)7-2-1-5-12-7/h6-7,12H,1-5H2,(H,13,17)(H,14,16,18)/t6-,7?/m0/s1. The van der Waals surface area contributed by atoms with Crippen molar-refractivity contribution in [3.05, 3.63) is 5.89 Å². The Labute approximate surface area is 109 Å². The molecule has 1 aromatic rings. The summed E-state index contributed by atoms with van der Waals surface area (Å²) in [5, 5.41) is 16.0. The van der Waals surface area contributed by atoms with Crippen molar-refractivity contribution in [3.63, 3.8) is 0 Å². The summed E-state index contributed by atoms with van der Waals surface area (Å²) in [6.45, 7) is 0.933. The second kappa shape index (κ2) is 4.96. The van der Waals surface area contributed by atoms with E-state index in [-0.39, 0.29) is 23.9 Å². The first kappa shape index (κ1) is 12.1. The maximum atomic E-state index is 11.8. The number of rotatable bonds is 3. The number of carbonyl (C=O) groups excluding carboxylic acids is 2. The van der Waals surface area contributed by atoms with Gasteiger partial charge in [-0.25, -0.2) is 0 Å². The predicted octanol–water partition coefficient (Wildman–Crippen LogP) is -0.289. The molecule has 1 unspecified atom stereocenters. The Morgan fingerprint density at radius 1 is 1.37 bits per heavy atom. The van der Waals surface area contributed by atoms with Gasteiger partial charge in [0.25, 0.3) is 5.91 Å². The SMILES string of the molecule is O=C1CC[C@@H](C(=O)Nc2nnc(C3CCCN3)o2)N1. The highest BCUT2D eigenvalue weighted by Gasteiger charge is 2.29. The number of aromatic nitrogens is 2. The fourth-order valence-electron chi connectivity index (χ4n) is 2.32. The van der Waals surface area contributed by atoms with Crippen molar-refractivity contribution in [2.45, 2.75) is 37.8 Å². The van der Waals surface area contributed by atoms with Gasteiger partial charge in [-0.1, -0.05) is 5.10 Å². The first-order valence-electron chi connectivity index (χ1n) is 6.39. The number of hydrogen-bond donors (Lipinski definition) is 3. The van der Waals surface area contributed by atoms with Gasteiger partial charge in [0, 0.05) is 6.42 Å². The van der Waals surface area contributed by atoms with E-state index in [9.17, 15) is 9.59 Å². The van der Waals surface area contributed by atoms with Crippen LogP contribution in [-0.2, 0) is 9.59 Å². The minimum Gasteiger partial charge on any atom is -0.406 e. The van der Waals surface area contributed by atoms with Gasteiger partial charge in [0.05, 0.1) is 6.04 Å².